The van der Waals surface area contributed by atoms with Crippen molar-refractivity contribution >= 4 is 0 Å². The van der Waals surface area contributed by atoms with Crippen LogP contribution < -0.4 is 10.5 Å². The summed E-state index contributed by atoms with van der Waals surface area (Å²) in [4.78, 5) is 4.13. The Labute approximate surface area is 96.8 Å². The highest BCUT2D eigenvalue weighted by Gasteiger charge is 2.21. The minimum Gasteiger partial charge on any atom is -0.492 e. The molecule has 1 aromatic rings. The first-order chi connectivity index (χ1) is 7.60. The standard InChI is InChI=1S/C12H20N2O2/c1-4-16-11-7-10(8-14-9-11)12(2,13)5-6-15-3/h7-9H,4-6,13H2,1-3H3. The highest BCUT2D eigenvalue weighted by molar-refractivity contribution is 5.28. The summed E-state index contributed by atoms with van der Waals surface area (Å²) in [5.41, 5.74) is 6.75. The average Bonchev–Trinajstić information content (AvgIpc) is 2.27. The van der Waals surface area contributed by atoms with E-state index in [9.17, 15) is 0 Å². The van der Waals surface area contributed by atoms with Crippen molar-refractivity contribution in [3.8, 4) is 5.75 Å². The van der Waals surface area contributed by atoms with Gasteiger partial charge in [-0.15, -0.1) is 0 Å². The molecule has 2 N–H and O–H groups in total. The molecule has 1 atom stereocenters. The second kappa shape index (κ2) is 5.82. The zero-order chi connectivity index (χ0) is 12.0. The van der Waals surface area contributed by atoms with Gasteiger partial charge in [-0.05, 0) is 31.9 Å². The summed E-state index contributed by atoms with van der Waals surface area (Å²) in [5.74, 6) is 0.758. The minimum absolute atomic E-state index is 0.434. The van der Waals surface area contributed by atoms with E-state index in [1.54, 1.807) is 19.5 Å². The van der Waals surface area contributed by atoms with Crippen molar-refractivity contribution in [1.29, 1.82) is 0 Å². The molecule has 90 valence electrons. The van der Waals surface area contributed by atoms with Crippen LogP contribution in [0.2, 0.25) is 0 Å². The van der Waals surface area contributed by atoms with Crippen LogP contribution in [0.4, 0.5) is 0 Å². The summed E-state index contributed by atoms with van der Waals surface area (Å²) in [5, 5.41) is 0. The summed E-state index contributed by atoms with van der Waals surface area (Å²) in [6.07, 6.45) is 4.22. The number of methoxy groups -OCH3 is 1. The molecule has 0 bridgehead atoms. The predicted octanol–water partition coefficient (Wildman–Crippen LogP) is 1.69. The third kappa shape index (κ3) is 3.47. The van der Waals surface area contributed by atoms with E-state index in [1.807, 2.05) is 19.9 Å². The molecule has 0 saturated heterocycles. The molecule has 0 spiro atoms. The van der Waals surface area contributed by atoms with Crippen molar-refractivity contribution < 1.29 is 9.47 Å². The molecule has 0 aliphatic rings. The van der Waals surface area contributed by atoms with Crippen molar-refractivity contribution in [2.75, 3.05) is 20.3 Å². The minimum atomic E-state index is -0.434. The third-order valence-electron chi connectivity index (χ3n) is 2.51. The van der Waals surface area contributed by atoms with Gasteiger partial charge < -0.3 is 15.2 Å². The fourth-order valence-electron chi connectivity index (χ4n) is 1.44. The van der Waals surface area contributed by atoms with Crippen LogP contribution in [0.1, 0.15) is 25.8 Å². The monoisotopic (exact) mass is 224 g/mol. The molecule has 0 aliphatic heterocycles. The van der Waals surface area contributed by atoms with E-state index in [0.29, 0.717) is 13.2 Å². The van der Waals surface area contributed by atoms with Gasteiger partial charge >= 0.3 is 0 Å². The van der Waals surface area contributed by atoms with Crippen molar-refractivity contribution in [2.24, 2.45) is 5.73 Å². The first kappa shape index (κ1) is 12.9. The molecule has 0 fully saturated rings. The SMILES string of the molecule is CCOc1cncc(C(C)(N)CCOC)c1. The van der Waals surface area contributed by atoms with E-state index in [-0.39, 0.29) is 0 Å². The number of nitrogens with two attached hydrogens (primary N) is 1. The van der Waals surface area contributed by atoms with E-state index in [4.69, 9.17) is 15.2 Å². The first-order valence-electron chi connectivity index (χ1n) is 5.46. The molecule has 4 nitrogen and oxygen atoms in total. The first-order valence-corrected chi connectivity index (χ1v) is 5.46. The molecule has 0 saturated carbocycles. The van der Waals surface area contributed by atoms with Crippen molar-refractivity contribution in [1.82, 2.24) is 4.98 Å². The quantitative estimate of drug-likeness (QED) is 0.799. The highest BCUT2D eigenvalue weighted by atomic mass is 16.5. The maximum Gasteiger partial charge on any atom is 0.137 e. The van der Waals surface area contributed by atoms with Gasteiger partial charge in [-0.25, -0.2) is 0 Å². The smallest absolute Gasteiger partial charge is 0.137 e. The normalized spacial score (nSPS) is 14.5. The largest absolute Gasteiger partial charge is 0.492 e. The lowest BCUT2D eigenvalue weighted by Gasteiger charge is -2.24. The number of ether oxygens (including phenoxy) is 2. The molecule has 4 heteroatoms. The van der Waals surface area contributed by atoms with Gasteiger partial charge in [-0.3, -0.25) is 4.98 Å². The van der Waals surface area contributed by atoms with Crippen LogP contribution in [0.25, 0.3) is 0 Å². The summed E-state index contributed by atoms with van der Waals surface area (Å²) < 4.78 is 10.4. The number of hydrogen-bond acceptors (Lipinski definition) is 4. The number of hydrogen-bond donors (Lipinski definition) is 1. The Hall–Kier alpha value is -1.13. The maximum atomic E-state index is 6.21. The number of pyridine rings is 1. The molecule has 1 heterocycles. The fraction of sp³-hybridized carbons (Fsp3) is 0.583. The Morgan fingerprint density at radius 3 is 2.81 bits per heavy atom. The third-order valence-corrected chi connectivity index (χ3v) is 2.51. The molecule has 0 radical (unpaired) electrons. The summed E-state index contributed by atoms with van der Waals surface area (Å²) in [7, 11) is 1.67. The average molecular weight is 224 g/mol. The molecule has 0 amide bonds. The zero-order valence-corrected chi connectivity index (χ0v) is 10.2. The van der Waals surface area contributed by atoms with Gasteiger partial charge in [0.05, 0.1) is 12.8 Å². The van der Waals surface area contributed by atoms with Gasteiger partial charge in [0, 0.05) is 25.5 Å². The van der Waals surface area contributed by atoms with E-state index < -0.39 is 5.54 Å². The van der Waals surface area contributed by atoms with Gasteiger partial charge in [0.1, 0.15) is 5.75 Å². The van der Waals surface area contributed by atoms with Crippen molar-refractivity contribution in [3.63, 3.8) is 0 Å². The number of rotatable bonds is 6. The van der Waals surface area contributed by atoms with Crippen LogP contribution >= 0.6 is 0 Å². The molecule has 16 heavy (non-hydrogen) atoms. The van der Waals surface area contributed by atoms with Crippen molar-refractivity contribution in [3.05, 3.63) is 24.0 Å². The van der Waals surface area contributed by atoms with E-state index in [0.717, 1.165) is 17.7 Å². The number of nitrogens with zero attached hydrogens (tertiary/aromatic N) is 1. The molecule has 1 rings (SSSR count). The lowest BCUT2D eigenvalue weighted by Crippen LogP contribution is -2.34. The van der Waals surface area contributed by atoms with E-state index in [2.05, 4.69) is 4.98 Å². The van der Waals surface area contributed by atoms with Crippen LogP contribution in [-0.4, -0.2) is 25.3 Å². The highest BCUT2D eigenvalue weighted by Crippen LogP contribution is 2.24. The zero-order valence-electron chi connectivity index (χ0n) is 10.2. The van der Waals surface area contributed by atoms with Gasteiger partial charge in [-0.1, -0.05) is 0 Å². The Balaban J connectivity index is 2.80. The van der Waals surface area contributed by atoms with E-state index >= 15 is 0 Å². The molecular weight excluding hydrogens is 204 g/mol. The van der Waals surface area contributed by atoms with Gasteiger partial charge in [0.25, 0.3) is 0 Å². The van der Waals surface area contributed by atoms with Crippen LogP contribution in [0.5, 0.6) is 5.75 Å². The summed E-state index contributed by atoms with van der Waals surface area (Å²) >= 11 is 0. The maximum absolute atomic E-state index is 6.21. The van der Waals surface area contributed by atoms with Crippen LogP contribution in [0.3, 0.4) is 0 Å². The molecule has 0 aromatic carbocycles. The van der Waals surface area contributed by atoms with Gasteiger partial charge in [-0.2, -0.15) is 0 Å². The van der Waals surface area contributed by atoms with Crippen LogP contribution in [-0.2, 0) is 10.3 Å². The Bertz CT molecular complexity index is 327. The van der Waals surface area contributed by atoms with Gasteiger partial charge in [0.15, 0.2) is 0 Å². The Morgan fingerprint density at radius 1 is 1.44 bits per heavy atom. The molecule has 1 aromatic heterocycles. The second-order valence-electron chi connectivity index (χ2n) is 4.00. The van der Waals surface area contributed by atoms with E-state index in [1.165, 1.54) is 0 Å². The van der Waals surface area contributed by atoms with Crippen LogP contribution in [0.15, 0.2) is 18.5 Å². The molecular formula is C12H20N2O2. The topological polar surface area (TPSA) is 57.4 Å². The molecule has 0 aliphatic carbocycles. The predicted molar refractivity (Wildman–Crippen MR) is 63.4 cm³/mol. The van der Waals surface area contributed by atoms with Crippen LogP contribution in [0, 0.1) is 0 Å². The summed E-state index contributed by atoms with van der Waals surface area (Å²) in [6, 6.07) is 1.94. The van der Waals surface area contributed by atoms with Crippen molar-refractivity contribution in [2.45, 2.75) is 25.8 Å². The Morgan fingerprint density at radius 2 is 2.19 bits per heavy atom. The number of aromatic nitrogens is 1. The second-order valence-corrected chi connectivity index (χ2v) is 4.00. The fourth-order valence-corrected chi connectivity index (χ4v) is 1.44. The lowest BCUT2D eigenvalue weighted by atomic mass is 9.91. The van der Waals surface area contributed by atoms with Gasteiger partial charge in [0.2, 0.25) is 0 Å². The Kier molecular flexibility index (Phi) is 4.71. The lowest BCUT2D eigenvalue weighted by molar-refractivity contribution is 0.171. The molecule has 1 unspecified atom stereocenters. The summed E-state index contributed by atoms with van der Waals surface area (Å²) in [6.45, 7) is 5.17.